The molecule has 2 aliphatic heterocycles. The fourth-order valence-corrected chi connectivity index (χ4v) is 4.01. The number of hydrogen-bond acceptors (Lipinski definition) is 6. The van der Waals surface area contributed by atoms with E-state index in [4.69, 9.17) is 9.47 Å². The van der Waals surface area contributed by atoms with Crippen molar-refractivity contribution in [3.8, 4) is 6.01 Å². The van der Waals surface area contributed by atoms with Gasteiger partial charge in [-0.3, -0.25) is 9.47 Å². The molecule has 1 saturated heterocycles. The summed E-state index contributed by atoms with van der Waals surface area (Å²) in [4.78, 5) is 16.7. The quantitative estimate of drug-likeness (QED) is 0.526. The highest BCUT2D eigenvalue weighted by Gasteiger charge is 2.41. The molecule has 4 rings (SSSR count). The van der Waals surface area contributed by atoms with Crippen molar-refractivity contribution in [3.05, 3.63) is 58.3 Å². The minimum atomic E-state index is -0.494. The molecule has 154 valence electrons. The Morgan fingerprint density at radius 2 is 2.10 bits per heavy atom. The van der Waals surface area contributed by atoms with Crippen LogP contribution in [-0.2, 0) is 11.3 Å². The monoisotopic (exact) mass is 398 g/mol. The van der Waals surface area contributed by atoms with Gasteiger partial charge in [0.2, 0.25) is 0 Å². The third-order valence-corrected chi connectivity index (χ3v) is 5.39. The summed E-state index contributed by atoms with van der Waals surface area (Å²) in [7, 11) is 0. The van der Waals surface area contributed by atoms with Crippen LogP contribution < -0.4 is 4.74 Å². The molecule has 1 atom stereocenters. The van der Waals surface area contributed by atoms with Crippen molar-refractivity contribution in [2.24, 2.45) is 0 Å². The van der Waals surface area contributed by atoms with Gasteiger partial charge < -0.3 is 19.6 Å². The van der Waals surface area contributed by atoms with Gasteiger partial charge in [-0.25, -0.2) is 0 Å². The van der Waals surface area contributed by atoms with E-state index in [9.17, 15) is 10.1 Å². The summed E-state index contributed by atoms with van der Waals surface area (Å²) in [6.07, 6.45) is 7.86. The second kappa shape index (κ2) is 8.34. The summed E-state index contributed by atoms with van der Waals surface area (Å²) in [5.41, 5.74) is 0.768. The Labute approximate surface area is 169 Å². The summed E-state index contributed by atoms with van der Waals surface area (Å²) >= 11 is 0. The van der Waals surface area contributed by atoms with Gasteiger partial charge >= 0.3 is 11.8 Å². The number of aromatic nitrogens is 2. The molecule has 0 saturated carbocycles. The first-order valence-electron chi connectivity index (χ1n) is 9.97. The lowest BCUT2D eigenvalue weighted by Crippen LogP contribution is -2.48. The van der Waals surface area contributed by atoms with E-state index in [0.717, 1.165) is 32.5 Å². The molecule has 0 bridgehead atoms. The maximum atomic E-state index is 10.8. The van der Waals surface area contributed by atoms with Gasteiger partial charge in [0.05, 0.1) is 19.3 Å². The maximum Gasteiger partial charge on any atom is 0.415 e. The Bertz CT molecular complexity index is 849. The van der Waals surface area contributed by atoms with Crippen molar-refractivity contribution in [3.63, 3.8) is 0 Å². The second-order valence-corrected chi connectivity index (χ2v) is 7.94. The first kappa shape index (κ1) is 19.6. The predicted molar refractivity (Wildman–Crippen MR) is 109 cm³/mol. The standard InChI is InChI=1S/C21H26N4O4/c1-21(16-24-14-19(25(26)27)22-20(24)29-21)15-23-11-9-18(10-12-23)28-13-5-8-17-6-3-2-4-7-17/h2-8,14,18H,9-13,15-16H2,1H3. The van der Waals surface area contributed by atoms with Crippen LogP contribution in [0.15, 0.2) is 42.6 Å². The van der Waals surface area contributed by atoms with Crippen molar-refractivity contribution in [1.82, 2.24) is 14.5 Å². The molecule has 0 radical (unpaired) electrons. The zero-order valence-corrected chi connectivity index (χ0v) is 16.6. The number of nitrogens with zero attached hydrogens (tertiary/aromatic N) is 4. The molecule has 8 nitrogen and oxygen atoms in total. The molecule has 0 aliphatic carbocycles. The van der Waals surface area contributed by atoms with Crippen molar-refractivity contribution in [2.45, 2.75) is 38.0 Å². The van der Waals surface area contributed by atoms with E-state index in [0.29, 0.717) is 19.2 Å². The van der Waals surface area contributed by atoms with E-state index < -0.39 is 10.5 Å². The molecule has 1 unspecified atom stereocenters. The van der Waals surface area contributed by atoms with Gasteiger partial charge in [-0.2, -0.15) is 0 Å². The number of ether oxygens (including phenoxy) is 2. The Balaban J connectivity index is 1.19. The molecule has 1 aromatic heterocycles. The fourth-order valence-electron chi connectivity index (χ4n) is 4.01. The minimum Gasteiger partial charge on any atom is -0.436 e. The maximum absolute atomic E-state index is 10.8. The van der Waals surface area contributed by atoms with Gasteiger partial charge in [-0.05, 0) is 30.3 Å². The zero-order chi connectivity index (χ0) is 20.3. The summed E-state index contributed by atoms with van der Waals surface area (Å²) in [5, 5.41) is 10.8. The van der Waals surface area contributed by atoms with Crippen LogP contribution >= 0.6 is 0 Å². The average Bonchev–Trinajstić information content (AvgIpc) is 3.22. The Hall–Kier alpha value is -2.71. The third-order valence-electron chi connectivity index (χ3n) is 5.39. The van der Waals surface area contributed by atoms with Crippen LogP contribution in [-0.4, -0.2) is 57.3 Å². The van der Waals surface area contributed by atoms with E-state index in [-0.39, 0.29) is 11.9 Å². The lowest BCUT2D eigenvalue weighted by Gasteiger charge is -2.36. The lowest BCUT2D eigenvalue weighted by molar-refractivity contribution is -0.389. The van der Waals surface area contributed by atoms with Gasteiger partial charge in [0.1, 0.15) is 11.8 Å². The highest BCUT2D eigenvalue weighted by atomic mass is 16.6. The van der Waals surface area contributed by atoms with Crippen LogP contribution in [0.4, 0.5) is 5.82 Å². The first-order valence-corrected chi connectivity index (χ1v) is 9.97. The van der Waals surface area contributed by atoms with Crippen molar-refractivity contribution >= 4 is 11.9 Å². The average molecular weight is 398 g/mol. The number of nitro groups is 1. The molecule has 0 spiro atoms. The summed E-state index contributed by atoms with van der Waals surface area (Å²) in [6.45, 7) is 5.91. The Morgan fingerprint density at radius 1 is 1.34 bits per heavy atom. The normalized spacial score (nSPS) is 22.7. The lowest BCUT2D eigenvalue weighted by atomic mass is 10.0. The topological polar surface area (TPSA) is 82.7 Å². The first-order chi connectivity index (χ1) is 14.0. The number of hydrogen-bond donors (Lipinski definition) is 0. The molecular formula is C21H26N4O4. The van der Waals surface area contributed by atoms with E-state index in [1.165, 1.54) is 11.8 Å². The molecule has 0 N–H and O–H groups in total. The van der Waals surface area contributed by atoms with Crippen LogP contribution in [0.25, 0.3) is 6.08 Å². The molecule has 1 fully saturated rings. The SMILES string of the molecule is CC1(CN2CCC(OCC=Cc3ccccc3)CC2)Cn2cc([N+](=O)[O-])nc2O1. The van der Waals surface area contributed by atoms with Gasteiger partial charge in [-0.1, -0.05) is 42.5 Å². The zero-order valence-electron chi connectivity index (χ0n) is 16.6. The number of fused-ring (bicyclic) bond motifs is 1. The molecular weight excluding hydrogens is 372 g/mol. The minimum absolute atomic E-state index is 0.165. The van der Waals surface area contributed by atoms with E-state index in [2.05, 4.69) is 34.2 Å². The van der Waals surface area contributed by atoms with Crippen LogP contribution in [0.1, 0.15) is 25.3 Å². The van der Waals surface area contributed by atoms with Crippen molar-refractivity contribution in [1.29, 1.82) is 0 Å². The molecule has 29 heavy (non-hydrogen) atoms. The molecule has 3 heterocycles. The third kappa shape index (κ3) is 4.83. The van der Waals surface area contributed by atoms with Gasteiger partial charge in [0.25, 0.3) is 0 Å². The Kier molecular flexibility index (Phi) is 5.64. The smallest absolute Gasteiger partial charge is 0.415 e. The van der Waals surface area contributed by atoms with E-state index in [1.807, 2.05) is 25.1 Å². The van der Waals surface area contributed by atoms with Crippen LogP contribution in [0.2, 0.25) is 0 Å². The Morgan fingerprint density at radius 3 is 2.79 bits per heavy atom. The highest BCUT2D eigenvalue weighted by Crippen LogP contribution is 2.32. The summed E-state index contributed by atoms with van der Waals surface area (Å²) < 4.78 is 13.7. The highest BCUT2D eigenvalue weighted by molar-refractivity contribution is 5.48. The van der Waals surface area contributed by atoms with E-state index >= 15 is 0 Å². The van der Waals surface area contributed by atoms with Gasteiger partial charge in [0.15, 0.2) is 0 Å². The number of rotatable bonds is 7. The summed E-state index contributed by atoms with van der Waals surface area (Å²) in [5.74, 6) is -0.165. The molecule has 8 heteroatoms. The van der Waals surface area contributed by atoms with Crippen LogP contribution in [0.3, 0.4) is 0 Å². The molecule has 1 aromatic carbocycles. The van der Waals surface area contributed by atoms with Gasteiger partial charge in [0, 0.05) is 24.6 Å². The van der Waals surface area contributed by atoms with Crippen LogP contribution in [0.5, 0.6) is 6.01 Å². The van der Waals surface area contributed by atoms with Crippen molar-refractivity contribution in [2.75, 3.05) is 26.2 Å². The number of benzene rings is 1. The van der Waals surface area contributed by atoms with E-state index in [1.54, 1.807) is 4.57 Å². The molecule has 2 aromatic rings. The van der Waals surface area contributed by atoms with Crippen LogP contribution in [0, 0.1) is 10.1 Å². The second-order valence-electron chi connectivity index (χ2n) is 7.94. The number of likely N-dealkylation sites (tertiary alicyclic amines) is 1. The largest absolute Gasteiger partial charge is 0.436 e. The van der Waals surface area contributed by atoms with Gasteiger partial charge in [-0.15, -0.1) is 0 Å². The number of piperidine rings is 1. The number of imidazole rings is 1. The van der Waals surface area contributed by atoms with Crippen molar-refractivity contribution < 1.29 is 14.4 Å². The molecule has 0 amide bonds. The summed E-state index contributed by atoms with van der Waals surface area (Å²) in [6, 6.07) is 10.5. The fraction of sp³-hybridized carbons (Fsp3) is 0.476. The molecule has 2 aliphatic rings. The predicted octanol–water partition coefficient (Wildman–Crippen LogP) is 3.14.